The van der Waals surface area contributed by atoms with Crippen molar-refractivity contribution in [1.29, 1.82) is 0 Å². The SMILES string of the molecule is CC/N=C(\N=C(/I)c1cccc2c1c1ccccc1n2-c1ccccc1)c1ccccc1. The van der Waals surface area contributed by atoms with Crippen molar-refractivity contribution in [3.05, 3.63) is 114 Å². The van der Waals surface area contributed by atoms with E-state index in [1.165, 1.54) is 21.8 Å². The molecule has 1 heterocycles. The van der Waals surface area contributed by atoms with E-state index in [9.17, 15) is 0 Å². The molecule has 0 fully saturated rings. The maximum Gasteiger partial charge on any atom is 0.155 e. The van der Waals surface area contributed by atoms with E-state index < -0.39 is 0 Å². The number of aliphatic imine (C=N–C) groups is 2. The molecule has 0 aliphatic carbocycles. The monoisotopic (exact) mass is 527 g/mol. The highest BCUT2D eigenvalue weighted by Gasteiger charge is 2.17. The molecule has 5 rings (SSSR count). The lowest BCUT2D eigenvalue weighted by molar-refractivity contribution is 1.12. The zero-order valence-electron chi connectivity index (χ0n) is 17.7. The van der Waals surface area contributed by atoms with Crippen molar-refractivity contribution >= 4 is 54.0 Å². The van der Waals surface area contributed by atoms with E-state index in [1.807, 2.05) is 25.1 Å². The summed E-state index contributed by atoms with van der Waals surface area (Å²) < 4.78 is 3.26. The van der Waals surface area contributed by atoms with Gasteiger partial charge in [-0.3, -0.25) is 4.99 Å². The summed E-state index contributed by atoms with van der Waals surface area (Å²) >= 11 is 2.35. The van der Waals surface area contributed by atoms with Crippen LogP contribution in [0.1, 0.15) is 18.1 Å². The number of amidine groups is 1. The van der Waals surface area contributed by atoms with Gasteiger partial charge in [-0.15, -0.1) is 0 Å². The van der Waals surface area contributed by atoms with Crippen molar-refractivity contribution in [2.24, 2.45) is 9.98 Å². The van der Waals surface area contributed by atoms with Crippen LogP contribution in [-0.2, 0) is 0 Å². The molecule has 4 heteroatoms. The van der Waals surface area contributed by atoms with Crippen molar-refractivity contribution < 1.29 is 0 Å². The summed E-state index contributed by atoms with van der Waals surface area (Å²) in [5.74, 6) is 0.765. The molecule has 0 atom stereocenters. The quantitative estimate of drug-likeness (QED) is 0.132. The summed E-state index contributed by atoms with van der Waals surface area (Å²) in [5, 5.41) is 2.43. The number of hydrogen-bond donors (Lipinski definition) is 0. The Bertz CT molecular complexity index is 1450. The summed E-state index contributed by atoms with van der Waals surface area (Å²) in [5.41, 5.74) is 5.67. The summed E-state index contributed by atoms with van der Waals surface area (Å²) in [6, 6.07) is 35.7. The van der Waals surface area contributed by atoms with Gasteiger partial charge < -0.3 is 4.57 Å². The van der Waals surface area contributed by atoms with Crippen LogP contribution in [0, 0.1) is 0 Å². The lowest BCUT2D eigenvalue weighted by Crippen LogP contribution is -2.03. The molecule has 0 radical (unpaired) electrons. The summed E-state index contributed by atoms with van der Waals surface area (Å²) in [4.78, 5) is 9.66. The standard InChI is InChI=1S/C28H22IN3/c1-2-30-28(20-12-5-3-6-13-20)31-27(29)23-17-11-19-25-26(23)22-16-9-10-18-24(22)32(25)21-14-7-4-8-15-21/h3-19H,2H2,1H3/b30-28-,31-27-. The Hall–Kier alpha value is -3.25. The van der Waals surface area contributed by atoms with Gasteiger partial charge in [0.1, 0.15) is 3.72 Å². The van der Waals surface area contributed by atoms with Crippen LogP contribution in [0.25, 0.3) is 27.5 Å². The third-order valence-electron chi connectivity index (χ3n) is 5.48. The Labute approximate surface area is 201 Å². The van der Waals surface area contributed by atoms with Crippen molar-refractivity contribution in [1.82, 2.24) is 4.57 Å². The molecule has 0 unspecified atom stereocenters. The predicted octanol–water partition coefficient (Wildman–Crippen LogP) is 7.43. The molecule has 3 nitrogen and oxygen atoms in total. The molecule has 0 N–H and O–H groups in total. The van der Waals surface area contributed by atoms with E-state index >= 15 is 0 Å². The van der Waals surface area contributed by atoms with Crippen LogP contribution in [0.3, 0.4) is 0 Å². The molecule has 1 aromatic heterocycles. The number of para-hydroxylation sites is 2. The molecule has 32 heavy (non-hydrogen) atoms. The molecule has 4 aromatic carbocycles. The second kappa shape index (κ2) is 9.09. The first-order chi connectivity index (χ1) is 15.8. The highest BCUT2D eigenvalue weighted by molar-refractivity contribution is 14.1. The molecule has 0 saturated carbocycles. The Kier molecular flexibility index (Phi) is 5.86. The van der Waals surface area contributed by atoms with Gasteiger partial charge in [0.15, 0.2) is 5.84 Å². The van der Waals surface area contributed by atoms with Crippen LogP contribution in [0.4, 0.5) is 0 Å². The topological polar surface area (TPSA) is 29.6 Å². The highest BCUT2D eigenvalue weighted by Crippen LogP contribution is 2.35. The van der Waals surface area contributed by atoms with E-state index in [0.717, 1.165) is 26.4 Å². The molecule has 156 valence electrons. The van der Waals surface area contributed by atoms with Gasteiger partial charge in [0.2, 0.25) is 0 Å². The lowest BCUT2D eigenvalue weighted by Gasteiger charge is -2.08. The van der Waals surface area contributed by atoms with Crippen LogP contribution < -0.4 is 0 Å². The number of rotatable bonds is 4. The van der Waals surface area contributed by atoms with Crippen LogP contribution in [0.15, 0.2) is 113 Å². The first kappa shape index (κ1) is 20.6. The van der Waals surface area contributed by atoms with E-state index in [0.29, 0.717) is 6.54 Å². The Morgan fingerprint density at radius 1 is 0.750 bits per heavy atom. The lowest BCUT2D eigenvalue weighted by atomic mass is 10.1. The Morgan fingerprint density at radius 2 is 1.41 bits per heavy atom. The van der Waals surface area contributed by atoms with E-state index in [-0.39, 0.29) is 0 Å². The average Bonchev–Trinajstić information content (AvgIpc) is 3.19. The number of benzene rings is 4. The minimum atomic E-state index is 0.690. The molecular weight excluding hydrogens is 505 g/mol. The Balaban J connectivity index is 1.76. The van der Waals surface area contributed by atoms with Crippen LogP contribution in [-0.4, -0.2) is 20.7 Å². The Morgan fingerprint density at radius 3 is 2.16 bits per heavy atom. The second-order valence-corrected chi connectivity index (χ2v) is 8.48. The van der Waals surface area contributed by atoms with Gasteiger partial charge in [0, 0.05) is 34.1 Å². The number of hydrogen-bond acceptors (Lipinski definition) is 1. The third kappa shape index (κ3) is 3.75. The number of halogens is 1. The fourth-order valence-corrected chi connectivity index (χ4v) is 4.81. The van der Waals surface area contributed by atoms with Crippen LogP contribution in [0.5, 0.6) is 0 Å². The first-order valence-corrected chi connectivity index (χ1v) is 11.8. The van der Waals surface area contributed by atoms with Gasteiger partial charge in [-0.1, -0.05) is 78.9 Å². The van der Waals surface area contributed by atoms with Crippen molar-refractivity contribution in [3.8, 4) is 5.69 Å². The van der Waals surface area contributed by atoms with Gasteiger partial charge in [0.25, 0.3) is 0 Å². The first-order valence-electron chi connectivity index (χ1n) is 10.7. The maximum atomic E-state index is 4.99. The van der Waals surface area contributed by atoms with Gasteiger partial charge in [-0.2, -0.15) is 0 Å². The molecule has 0 spiro atoms. The molecule has 0 aliphatic heterocycles. The highest BCUT2D eigenvalue weighted by atomic mass is 127. The third-order valence-corrected chi connectivity index (χ3v) is 6.30. The van der Waals surface area contributed by atoms with Gasteiger partial charge in [-0.25, -0.2) is 4.99 Å². The van der Waals surface area contributed by atoms with E-state index in [4.69, 9.17) is 4.99 Å². The van der Waals surface area contributed by atoms with Crippen LogP contribution in [0.2, 0.25) is 0 Å². The normalized spacial score (nSPS) is 12.6. The van der Waals surface area contributed by atoms with Crippen molar-refractivity contribution in [2.45, 2.75) is 6.92 Å². The average molecular weight is 527 g/mol. The van der Waals surface area contributed by atoms with Crippen molar-refractivity contribution in [2.75, 3.05) is 6.54 Å². The van der Waals surface area contributed by atoms with Gasteiger partial charge >= 0.3 is 0 Å². The zero-order chi connectivity index (χ0) is 21.9. The van der Waals surface area contributed by atoms with E-state index in [2.05, 4.69) is 117 Å². The maximum absolute atomic E-state index is 4.99. The van der Waals surface area contributed by atoms with Gasteiger partial charge in [0.05, 0.1) is 11.0 Å². The van der Waals surface area contributed by atoms with Crippen molar-refractivity contribution in [3.63, 3.8) is 0 Å². The largest absolute Gasteiger partial charge is 0.309 e. The molecule has 0 amide bonds. The van der Waals surface area contributed by atoms with E-state index in [1.54, 1.807) is 0 Å². The smallest absolute Gasteiger partial charge is 0.155 e. The van der Waals surface area contributed by atoms with Gasteiger partial charge in [-0.05, 0) is 53.8 Å². The summed E-state index contributed by atoms with van der Waals surface area (Å²) in [6.45, 7) is 2.73. The fourth-order valence-electron chi connectivity index (χ4n) is 4.13. The number of nitrogens with zero attached hydrogens (tertiary/aromatic N) is 3. The molecule has 5 aromatic rings. The second-order valence-electron chi connectivity index (χ2n) is 7.45. The minimum absolute atomic E-state index is 0.690. The molecule has 0 aliphatic rings. The van der Waals surface area contributed by atoms with Crippen LogP contribution >= 0.6 is 22.6 Å². The minimum Gasteiger partial charge on any atom is -0.309 e. The predicted molar refractivity (Wildman–Crippen MR) is 145 cm³/mol. The number of fused-ring (bicyclic) bond motifs is 3. The molecule has 0 bridgehead atoms. The molecular formula is C28H22IN3. The zero-order valence-corrected chi connectivity index (χ0v) is 19.9. The summed E-state index contributed by atoms with van der Waals surface area (Å²) in [6.07, 6.45) is 0. The number of aromatic nitrogens is 1. The fraction of sp³-hybridized carbons (Fsp3) is 0.0714. The summed E-state index contributed by atoms with van der Waals surface area (Å²) in [7, 11) is 0. The molecule has 0 saturated heterocycles.